The lowest BCUT2D eigenvalue weighted by molar-refractivity contribution is -0.131. The summed E-state index contributed by atoms with van der Waals surface area (Å²) in [4.78, 5) is 29.4. The van der Waals surface area contributed by atoms with Gasteiger partial charge < -0.3 is 30.4 Å². The van der Waals surface area contributed by atoms with Crippen molar-refractivity contribution in [1.29, 1.82) is 0 Å². The van der Waals surface area contributed by atoms with E-state index >= 15 is 0 Å². The zero-order valence-electron chi connectivity index (χ0n) is 12.4. The second kappa shape index (κ2) is 6.07. The Balaban J connectivity index is 2.15. The maximum Gasteiger partial charge on any atom is 0.328 e. The molecule has 24 heavy (non-hydrogen) atoms. The van der Waals surface area contributed by atoms with Gasteiger partial charge in [0.2, 0.25) is 5.95 Å². The molecule has 0 saturated carbocycles. The first-order valence-corrected chi connectivity index (χ1v) is 7.16. The number of hydrogen-bond acceptors (Lipinski definition) is 7. The fraction of sp³-hybridized carbons (Fsp3) is 0.357. The highest BCUT2D eigenvalue weighted by molar-refractivity contribution is 5.92. The van der Waals surface area contributed by atoms with Crippen molar-refractivity contribution in [3.63, 3.8) is 0 Å². The number of carboxylic acids is 1. The minimum absolute atomic E-state index is 0.0992. The molecule has 0 amide bonds. The van der Waals surface area contributed by atoms with Gasteiger partial charge in [-0.15, -0.1) is 0 Å². The van der Waals surface area contributed by atoms with Crippen LogP contribution < -0.4 is 11.3 Å². The van der Waals surface area contributed by atoms with Crippen LogP contribution in [-0.4, -0.2) is 54.6 Å². The number of aromatic nitrogens is 3. The summed E-state index contributed by atoms with van der Waals surface area (Å²) >= 11 is 0. The van der Waals surface area contributed by atoms with Crippen LogP contribution in [0.5, 0.6) is 0 Å². The van der Waals surface area contributed by atoms with Crippen molar-refractivity contribution >= 4 is 29.0 Å². The van der Waals surface area contributed by atoms with Gasteiger partial charge in [0.1, 0.15) is 12.3 Å². The molecular formula is C14H16N4O6. The van der Waals surface area contributed by atoms with Crippen molar-refractivity contribution in [2.75, 3.05) is 12.3 Å². The fourth-order valence-electron chi connectivity index (χ4n) is 2.76. The third-order valence-corrected chi connectivity index (χ3v) is 3.83. The van der Waals surface area contributed by atoms with Crippen LogP contribution in [0.4, 0.5) is 5.95 Å². The highest BCUT2D eigenvalue weighted by Crippen LogP contribution is 2.32. The summed E-state index contributed by atoms with van der Waals surface area (Å²) in [6, 6.07) is 0. The zero-order valence-corrected chi connectivity index (χ0v) is 12.4. The van der Waals surface area contributed by atoms with Crippen molar-refractivity contribution in [2.45, 2.75) is 24.9 Å². The van der Waals surface area contributed by atoms with Crippen LogP contribution in [0.2, 0.25) is 0 Å². The van der Waals surface area contributed by atoms with Crippen molar-refractivity contribution < 1.29 is 24.9 Å². The molecule has 0 aliphatic carbocycles. The van der Waals surface area contributed by atoms with Crippen LogP contribution in [0.25, 0.3) is 17.1 Å². The Bertz CT molecular complexity index is 870. The Morgan fingerprint density at radius 1 is 1.58 bits per heavy atom. The number of H-pyrrole nitrogens is 1. The van der Waals surface area contributed by atoms with Gasteiger partial charge in [-0.1, -0.05) is 0 Å². The van der Waals surface area contributed by atoms with Crippen LogP contribution in [0, 0.1) is 0 Å². The van der Waals surface area contributed by atoms with Gasteiger partial charge in [0.15, 0.2) is 5.65 Å². The van der Waals surface area contributed by atoms with E-state index in [0.29, 0.717) is 5.56 Å². The summed E-state index contributed by atoms with van der Waals surface area (Å²) in [5, 5.41) is 28.0. The molecule has 10 nitrogen and oxygen atoms in total. The van der Waals surface area contributed by atoms with Gasteiger partial charge in [-0.25, -0.2) is 4.79 Å². The highest BCUT2D eigenvalue weighted by atomic mass is 16.5. The molecule has 0 aromatic carbocycles. The number of nitrogens with zero attached hydrogens (tertiary/aromatic N) is 2. The second-order valence-corrected chi connectivity index (χ2v) is 5.43. The number of carboxylic acid groups (broad SMARTS) is 1. The highest BCUT2D eigenvalue weighted by Gasteiger charge is 2.35. The SMILES string of the molecule is Nc1nc2c(c(/C=C/C(=O)O)cn2[C@H]2C[C@H](O)[C@@H](CO)O2)c(=O)[nH]1. The Labute approximate surface area is 134 Å². The van der Waals surface area contributed by atoms with Gasteiger partial charge in [0.25, 0.3) is 5.56 Å². The van der Waals surface area contributed by atoms with Crippen molar-refractivity contribution in [1.82, 2.24) is 14.5 Å². The number of ether oxygens (including phenoxy) is 1. The number of hydrogen-bond donors (Lipinski definition) is 5. The Kier molecular flexibility index (Phi) is 4.09. The summed E-state index contributed by atoms with van der Waals surface area (Å²) in [7, 11) is 0. The molecule has 2 aromatic heterocycles. The molecule has 3 atom stereocenters. The summed E-state index contributed by atoms with van der Waals surface area (Å²) < 4.78 is 7.07. The normalized spacial score (nSPS) is 24.2. The predicted molar refractivity (Wildman–Crippen MR) is 83.1 cm³/mol. The molecule has 0 radical (unpaired) electrons. The van der Waals surface area contributed by atoms with E-state index in [1.54, 1.807) is 0 Å². The van der Waals surface area contributed by atoms with Gasteiger partial charge in [-0.3, -0.25) is 9.78 Å². The predicted octanol–water partition coefficient (Wildman–Crippen LogP) is -0.955. The van der Waals surface area contributed by atoms with Crippen LogP contribution in [0.15, 0.2) is 17.1 Å². The Morgan fingerprint density at radius 3 is 2.96 bits per heavy atom. The summed E-state index contributed by atoms with van der Waals surface area (Å²) in [5.74, 6) is -1.26. The minimum Gasteiger partial charge on any atom is -0.478 e. The first-order valence-electron chi connectivity index (χ1n) is 7.16. The first kappa shape index (κ1) is 16.2. The monoisotopic (exact) mass is 336 g/mol. The quantitative estimate of drug-likeness (QED) is 0.446. The van der Waals surface area contributed by atoms with Gasteiger partial charge in [0.05, 0.1) is 18.1 Å². The number of aliphatic hydroxyl groups excluding tert-OH is 2. The van der Waals surface area contributed by atoms with E-state index in [2.05, 4.69) is 9.97 Å². The Hall–Kier alpha value is -2.69. The minimum atomic E-state index is -1.16. The van der Waals surface area contributed by atoms with Crippen LogP contribution in [0.3, 0.4) is 0 Å². The molecule has 1 saturated heterocycles. The van der Waals surface area contributed by atoms with E-state index in [-0.39, 0.29) is 30.0 Å². The molecule has 0 bridgehead atoms. The van der Waals surface area contributed by atoms with E-state index in [1.165, 1.54) is 16.8 Å². The number of anilines is 1. The average Bonchev–Trinajstić information content (AvgIpc) is 3.05. The lowest BCUT2D eigenvalue weighted by atomic mass is 10.2. The maximum absolute atomic E-state index is 12.2. The van der Waals surface area contributed by atoms with E-state index in [4.69, 9.17) is 15.6 Å². The van der Waals surface area contributed by atoms with E-state index in [0.717, 1.165) is 6.08 Å². The van der Waals surface area contributed by atoms with Crippen LogP contribution in [-0.2, 0) is 9.53 Å². The third kappa shape index (κ3) is 2.77. The number of nitrogens with one attached hydrogen (secondary N) is 1. The molecule has 128 valence electrons. The van der Waals surface area contributed by atoms with E-state index in [9.17, 15) is 19.8 Å². The first-order chi connectivity index (χ1) is 11.4. The molecule has 1 fully saturated rings. The number of aromatic amines is 1. The summed E-state index contributed by atoms with van der Waals surface area (Å²) in [5.41, 5.74) is 5.60. The number of carbonyl (C=O) groups is 1. The standard InChI is InChI=1S/C14H16N4O6/c15-14-16-12-11(13(23)17-14)6(1-2-10(21)22)4-18(12)9-3-7(20)8(5-19)24-9/h1-2,4,7-9,19-20H,3,5H2,(H,21,22)(H3,15,16,17,23)/b2-1+/t7-,8+,9+/m0/s1. The van der Waals surface area contributed by atoms with E-state index in [1.807, 2.05) is 0 Å². The van der Waals surface area contributed by atoms with Gasteiger partial charge >= 0.3 is 5.97 Å². The molecule has 1 aliphatic heterocycles. The zero-order chi connectivity index (χ0) is 17.4. The molecule has 3 rings (SSSR count). The summed E-state index contributed by atoms with van der Waals surface area (Å²) in [6.07, 6.45) is 1.58. The molecule has 0 unspecified atom stereocenters. The summed E-state index contributed by atoms with van der Waals surface area (Å²) in [6.45, 7) is -0.348. The second-order valence-electron chi connectivity index (χ2n) is 5.43. The topological polar surface area (TPSA) is 164 Å². The lowest BCUT2D eigenvalue weighted by Gasteiger charge is -2.14. The number of aliphatic hydroxyl groups is 2. The number of aliphatic carboxylic acids is 1. The third-order valence-electron chi connectivity index (χ3n) is 3.83. The number of rotatable bonds is 4. The van der Waals surface area contributed by atoms with Crippen molar-refractivity contribution in [3.05, 3.63) is 28.2 Å². The molecular weight excluding hydrogens is 320 g/mol. The van der Waals surface area contributed by atoms with Crippen molar-refractivity contribution in [3.8, 4) is 0 Å². The molecule has 1 aliphatic rings. The Morgan fingerprint density at radius 2 is 2.33 bits per heavy atom. The van der Waals surface area contributed by atoms with Gasteiger partial charge in [0, 0.05) is 24.3 Å². The van der Waals surface area contributed by atoms with E-state index < -0.39 is 30.0 Å². The molecule has 2 aromatic rings. The van der Waals surface area contributed by atoms with Crippen LogP contribution in [0.1, 0.15) is 18.2 Å². The average molecular weight is 336 g/mol. The molecule has 6 N–H and O–H groups in total. The van der Waals surface area contributed by atoms with Gasteiger partial charge in [-0.05, 0) is 6.08 Å². The number of fused-ring (bicyclic) bond motifs is 1. The molecule has 3 heterocycles. The molecule has 0 spiro atoms. The van der Waals surface area contributed by atoms with Crippen molar-refractivity contribution in [2.24, 2.45) is 0 Å². The number of nitrogen functional groups attached to an aromatic ring is 1. The van der Waals surface area contributed by atoms with Gasteiger partial charge in [-0.2, -0.15) is 4.98 Å². The maximum atomic E-state index is 12.2. The fourth-order valence-corrected chi connectivity index (χ4v) is 2.76. The molecule has 10 heteroatoms. The largest absolute Gasteiger partial charge is 0.478 e. The van der Waals surface area contributed by atoms with Crippen LogP contribution >= 0.6 is 0 Å². The smallest absolute Gasteiger partial charge is 0.328 e. The lowest BCUT2D eigenvalue weighted by Crippen LogP contribution is -2.24. The number of nitrogens with two attached hydrogens (primary N) is 1.